The molecule has 1 aliphatic heterocycles. The van der Waals surface area contributed by atoms with Crippen molar-refractivity contribution in [3.05, 3.63) is 51.6 Å². The minimum atomic E-state index is -0.807. The monoisotopic (exact) mass is 445 g/mol. The van der Waals surface area contributed by atoms with E-state index in [2.05, 4.69) is 5.32 Å². The van der Waals surface area contributed by atoms with Crippen molar-refractivity contribution in [2.75, 3.05) is 52.9 Å². The second kappa shape index (κ2) is 9.96. The van der Waals surface area contributed by atoms with E-state index >= 15 is 0 Å². The summed E-state index contributed by atoms with van der Waals surface area (Å²) in [5.74, 6) is -1.26. The molecule has 11 nitrogen and oxygen atoms in total. The molecule has 170 valence electrons. The molecule has 2 amide bonds. The summed E-state index contributed by atoms with van der Waals surface area (Å²) >= 11 is 0. The summed E-state index contributed by atoms with van der Waals surface area (Å²) in [4.78, 5) is 38.7. The van der Waals surface area contributed by atoms with E-state index in [0.717, 1.165) is 0 Å². The number of nitro benzene ring substituents is 1. The standard InChI is InChI=1S/C21H23N3O8/c1-29-16-12-14(17(24(27)28)19(31-3)18(16)30-2)20(25)22-15-7-5-4-6-13(15)21(26)23-8-10-32-11-9-23/h4-7,12H,8-11H2,1-3H3,(H,22,25). The zero-order chi connectivity index (χ0) is 23.3. The van der Waals surface area contributed by atoms with Crippen LogP contribution in [0.3, 0.4) is 0 Å². The number of methoxy groups -OCH3 is 3. The fourth-order valence-corrected chi connectivity index (χ4v) is 3.40. The Bertz CT molecular complexity index is 1030. The van der Waals surface area contributed by atoms with Gasteiger partial charge in [0.1, 0.15) is 5.56 Å². The lowest BCUT2D eigenvalue weighted by molar-refractivity contribution is -0.386. The Balaban J connectivity index is 2.01. The summed E-state index contributed by atoms with van der Waals surface area (Å²) in [7, 11) is 3.86. The van der Waals surface area contributed by atoms with Crippen molar-refractivity contribution in [2.45, 2.75) is 0 Å². The molecule has 2 aromatic rings. The largest absolute Gasteiger partial charge is 0.493 e. The summed E-state index contributed by atoms with van der Waals surface area (Å²) in [6.07, 6.45) is 0. The topological polar surface area (TPSA) is 129 Å². The van der Waals surface area contributed by atoms with E-state index in [0.29, 0.717) is 26.3 Å². The zero-order valence-corrected chi connectivity index (χ0v) is 17.9. The molecule has 0 aliphatic carbocycles. The molecule has 32 heavy (non-hydrogen) atoms. The van der Waals surface area contributed by atoms with Crippen molar-refractivity contribution in [1.29, 1.82) is 0 Å². The number of amides is 2. The van der Waals surface area contributed by atoms with Crippen molar-refractivity contribution < 1.29 is 33.5 Å². The van der Waals surface area contributed by atoms with Gasteiger partial charge in [0.15, 0.2) is 5.75 Å². The van der Waals surface area contributed by atoms with Gasteiger partial charge in [0, 0.05) is 19.2 Å². The number of hydrogen-bond donors (Lipinski definition) is 1. The molecule has 0 bridgehead atoms. The predicted octanol–water partition coefficient (Wildman–Crippen LogP) is 2.35. The predicted molar refractivity (Wildman–Crippen MR) is 114 cm³/mol. The van der Waals surface area contributed by atoms with Crippen LogP contribution in [0, 0.1) is 10.1 Å². The Hall–Kier alpha value is -3.86. The number of morpholine rings is 1. The lowest BCUT2D eigenvalue weighted by atomic mass is 10.1. The smallest absolute Gasteiger partial charge is 0.327 e. The molecular weight excluding hydrogens is 422 g/mol. The van der Waals surface area contributed by atoms with Gasteiger partial charge < -0.3 is 29.2 Å². The van der Waals surface area contributed by atoms with Gasteiger partial charge in [-0.15, -0.1) is 0 Å². The number of nitro groups is 1. The van der Waals surface area contributed by atoms with Crippen molar-refractivity contribution in [1.82, 2.24) is 4.90 Å². The van der Waals surface area contributed by atoms with Crippen LogP contribution in [0.15, 0.2) is 30.3 Å². The van der Waals surface area contributed by atoms with Crippen molar-refractivity contribution in [2.24, 2.45) is 0 Å². The summed E-state index contributed by atoms with van der Waals surface area (Å²) in [5.41, 5.74) is -0.410. The van der Waals surface area contributed by atoms with Crippen LogP contribution in [0.2, 0.25) is 0 Å². The van der Waals surface area contributed by atoms with E-state index in [1.807, 2.05) is 0 Å². The Labute approximate surface area is 184 Å². The van der Waals surface area contributed by atoms with E-state index in [1.54, 1.807) is 29.2 Å². The van der Waals surface area contributed by atoms with E-state index in [9.17, 15) is 19.7 Å². The first-order chi connectivity index (χ1) is 15.4. The molecule has 1 aliphatic rings. The number of hydrogen-bond acceptors (Lipinski definition) is 8. The highest BCUT2D eigenvalue weighted by atomic mass is 16.6. The van der Waals surface area contributed by atoms with Crippen LogP contribution in [0.4, 0.5) is 11.4 Å². The molecule has 2 aromatic carbocycles. The highest BCUT2D eigenvalue weighted by Crippen LogP contribution is 2.46. The number of carbonyl (C=O) groups excluding carboxylic acids is 2. The third-order valence-electron chi connectivity index (χ3n) is 4.93. The molecule has 0 unspecified atom stereocenters. The molecule has 1 N–H and O–H groups in total. The van der Waals surface area contributed by atoms with Crippen LogP contribution in [0.5, 0.6) is 17.2 Å². The lowest BCUT2D eigenvalue weighted by Gasteiger charge is -2.27. The number of para-hydroxylation sites is 1. The fraction of sp³-hybridized carbons (Fsp3) is 0.333. The van der Waals surface area contributed by atoms with E-state index in [4.69, 9.17) is 18.9 Å². The van der Waals surface area contributed by atoms with E-state index in [-0.39, 0.29) is 40.0 Å². The van der Waals surface area contributed by atoms with Gasteiger partial charge in [-0.1, -0.05) is 12.1 Å². The summed E-state index contributed by atoms with van der Waals surface area (Å²) in [6, 6.07) is 7.65. The molecule has 0 aromatic heterocycles. The summed E-state index contributed by atoms with van der Waals surface area (Å²) in [6.45, 7) is 1.72. The molecule has 11 heteroatoms. The van der Waals surface area contributed by atoms with Gasteiger partial charge in [-0.25, -0.2) is 0 Å². The number of carbonyl (C=O) groups is 2. The number of nitrogens with one attached hydrogen (secondary N) is 1. The van der Waals surface area contributed by atoms with Gasteiger partial charge in [0.2, 0.25) is 11.5 Å². The quantitative estimate of drug-likeness (QED) is 0.508. The lowest BCUT2D eigenvalue weighted by Crippen LogP contribution is -2.41. The summed E-state index contributed by atoms with van der Waals surface area (Å²) in [5, 5.41) is 14.4. The van der Waals surface area contributed by atoms with Gasteiger partial charge >= 0.3 is 5.69 Å². The number of nitrogens with zero attached hydrogens (tertiary/aromatic N) is 2. The molecule has 1 fully saturated rings. The van der Waals surface area contributed by atoms with Crippen LogP contribution >= 0.6 is 0 Å². The molecule has 1 saturated heterocycles. The number of ether oxygens (including phenoxy) is 4. The number of benzene rings is 2. The Morgan fingerprint density at radius 1 is 1.03 bits per heavy atom. The van der Waals surface area contributed by atoms with E-state index < -0.39 is 16.5 Å². The van der Waals surface area contributed by atoms with Gasteiger partial charge in [-0.05, 0) is 12.1 Å². The Kier molecular flexibility index (Phi) is 7.11. The highest BCUT2D eigenvalue weighted by molar-refractivity contribution is 6.11. The first-order valence-electron chi connectivity index (χ1n) is 9.67. The van der Waals surface area contributed by atoms with Crippen molar-refractivity contribution in [3.8, 4) is 17.2 Å². The molecule has 0 saturated carbocycles. The van der Waals surface area contributed by atoms with Crippen molar-refractivity contribution >= 4 is 23.2 Å². The van der Waals surface area contributed by atoms with Crippen molar-refractivity contribution in [3.63, 3.8) is 0 Å². The fourth-order valence-electron chi connectivity index (χ4n) is 3.40. The Morgan fingerprint density at radius 3 is 2.28 bits per heavy atom. The molecule has 3 rings (SSSR count). The summed E-state index contributed by atoms with van der Waals surface area (Å²) < 4.78 is 20.8. The maximum absolute atomic E-state index is 13.1. The van der Waals surface area contributed by atoms with Crippen LogP contribution in [-0.2, 0) is 4.74 Å². The van der Waals surface area contributed by atoms with Crippen LogP contribution in [0.1, 0.15) is 20.7 Å². The molecule has 0 atom stereocenters. The third kappa shape index (κ3) is 4.42. The van der Waals surface area contributed by atoms with Crippen LogP contribution in [0.25, 0.3) is 0 Å². The van der Waals surface area contributed by atoms with Gasteiger partial charge in [0.25, 0.3) is 11.8 Å². The third-order valence-corrected chi connectivity index (χ3v) is 4.93. The minimum absolute atomic E-state index is 0.0128. The number of rotatable bonds is 7. The van der Waals surface area contributed by atoms with Gasteiger partial charge in [-0.2, -0.15) is 0 Å². The molecular formula is C21H23N3O8. The zero-order valence-electron chi connectivity index (χ0n) is 17.9. The minimum Gasteiger partial charge on any atom is -0.493 e. The molecule has 1 heterocycles. The molecule has 0 radical (unpaired) electrons. The second-order valence-electron chi connectivity index (χ2n) is 6.70. The average molecular weight is 445 g/mol. The first-order valence-corrected chi connectivity index (χ1v) is 9.67. The van der Waals surface area contributed by atoms with Crippen LogP contribution < -0.4 is 19.5 Å². The normalized spacial score (nSPS) is 13.3. The van der Waals surface area contributed by atoms with E-state index in [1.165, 1.54) is 27.4 Å². The highest BCUT2D eigenvalue weighted by Gasteiger charge is 2.33. The van der Waals surface area contributed by atoms with Gasteiger partial charge in [-0.3, -0.25) is 19.7 Å². The van der Waals surface area contributed by atoms with Crippen LogP contribution in [-0.4, -0.2) is 69.3 Å². The SMILES string of the molecule is COc1cc(C(=O)Nc2ccccc2C(=O)N2CCOCC2)c([N+](=O)[O-])c(OC)c1OC. The maximum atomic E-state index is 13.1. The maximum Gasteiger partial charge on any atom is 0.327 e. The second-order valence-corrected chi connectivity index (χ2v) is 6.70. The Morgan fingerprint density at radius 2 is 1.69 bits per heavy atom. The first kappa shape index (κ1) is 22.8. The number of anilines is 1. The average Bonchev–Trinajstić information content (AvgIpc) is 2.82. The van der Waals surface area contributed by atoms with Gasteiger partial charge in [0.05, 0.1) is 50.7 Å². The molecule has 0 spiro atoms.